The third-order valence-corrected chi connectivity index (χ3v) is 4.75. The summed E-state index contributed by atoms with van der Waals surface area (Å²) in [6.45, 7) is 0.176. The third-order valence-electron chi connectivity index (χ3n) is 3.81. The van der Waals surface area contributed by atoms with Crippen molar-refractivity contribution in [3.63, 3.8) is 0 Å². The molecule has 0 radical (unpaired) electrons. The molecule has 0 fully saturated rings. The van der Waals surface area contributed by atoms with E-state index >= 15 is 0 Å². The van der Waals surface area contributed by atoms with E-state index in [1.54, 1.807) is 18.4 Å². The number of hydrogen-bond donors (Lipinski definition) is 2. The fourth-order valence-electron chi connectivity index (χ4n) is 2.60. The van der Waals surface area contributed by atoms with Crippen LogP contribution in [0.15, 0.2) is 72.1 Å². The first-order chi connectivity index (χ1) is 12.3. The Kier molecular flexibility index (Phi) is 5.69. The van der Waals surface area contributed by atoms with Crippen molar-refractivity contribution in [2.75, 3.05) is 19.0 Å². The van der Waals surface area contributed by atoms with Gasteiger partial charge < -0.3 is 15.4 Å². The number of carbonyl (C=O) groups is 1. The first-order valence-corrected chi connectivity index (χ1v) is 8.90. The van der Waals surface area contributed by atoms with E-state index in [0.29, 0.717) is 5.75 Å². The summed E-state index contributed by atoms with van der Waals surface area (Å²) in [5.74, 6) is 0.640. The van der Waals surface area contributed by atoms with Gasteiger partial charge in [-0.2, -0.15) is 0 Å². The topological polar surface area (TPSA) is 50.4 Å². The highest BCUT2D eigenvalue weighted by Crippen LogP contribution is 2.26. The van der Waals surface area contributed by atoms with Crippen LogP contribution in [0.3, 0.4) is 0 Å². The number of rotatable bonds is 7. The second kappa shape index (κ2) is 8.35. The predicted octanol–water partition coefficient (Wildman–Crippen LogP) is 4.07. The van der Waals surface area contributed by atoms with Crippen molar-refractivity contribution < 1.29 is 9.53 Å². The molecule has 25 heavy (non-hydrogen) atoms. The Morgan fingerprint density at radius 1 is 1.04 bits per heavy atom. The second-order valence-corrected chi connectivity index (χ2v) is 6.46. The first-order valence-electron chi connectivity index (χ1n) is 8.02. The Bertz CT molecular complexity index is 804. The quantitative estimate of drug-likeness (QED) is 0.674. The number of thiophene rings is 1. The predicted molar refractivity (Wildman–Crippen MR) is 102 cm³/mol. The maximum absolute atomic E-state index is 12.5. The third kappa shape index (κ3) is 4.39. The zero-order chi connectivity index (χ0) is 17.5. The summed E-state index contributed by atoms with van der Waals surface area (Å²) in [5, 5.41) is 8.26. The van der Waals surface area contributed by atoms with E-state index in [0.717, 1.165) is 16.1 Å². The van der Waals surface area contributed by atoms with E-state index in [1.807, 2.05) is 72.1 Å². The maximum Gasteiger partial charge on any atom is 0.240 e. The van der Waals surface area contributed by atoms with Crippen molar-refractivity contribution >= 4 is 22.9 Å². The van der Waals surface area contributed by atoms with Gasteiger partial charge in [0.15, 0.2) is 0 Å². The Hall–Kier alpha value is -2.79. The lowest BCUT2D eigenvalue weighted by atomic mass is 10.1. The summed E-state index contributed by atoms with van der Waals surface area (Å²) in [6, 6.07) is 21.4. The van der Waals surface area contributed by atoms with Crippen molar-refractivity contribution in [1.29, 1.82) is 0 Å². The van der Waals surface area contributed by atoms with Gasteiger partial charge in [0.25, 0.3) is 0 Å². The largest absolute Gasteiger partial charge is 0.495 e. The van der Waals surface area contributed by atoms with Gasteiger partial charge in [0.05, 0.1) is 25.4 Å². The zero-order valence-electron chi connectivity index (χ0n) is 13.9. The molecule has 1 heterocycles. The Morgan fingerprint density at radius 3 is 2.52 bits per heavy atom. The van der Waals surface area contributed by atoms with E-state index in [9.17, 15) is 4.79 Å². The molecule has 1 aromatic heterocycles. The van der Waals surface area contributed by atoms with E-state index in [2.05, 4.69) is 10.6 Å². The van der Waals surface area contributed by atoms with E-state index in [-0.39, 0.29) is 18.5 Å². The van der Waals surface area contributed by atoms with Crippen molar-refractivity contribution in [3.8, 4) is 5.75 Å². The van der Waals surface area contributed by atoms with Gasteiger partial charge in [0.1, 0.15) is 5.75 Å². The lowest BCUT2D eigenvalue weighted by Crippen LogP contribution is -2.33. The molecule has 0 saturated heterocycles. The molecule has 0 aliphatic heterocycles. The number of methoxy groups -OCH3 is 1. The van der Waals surface area contributed by atoms with E-state index in [4.69, 9.17) is 4.74 Å². The van der Waals surface area contributed by atoms with Gasteiger partial charge in [-0.15, -0.1) is 11.3 Å². The molecule has 3 rings (SSSR count). The fraction of sp³-hybridized carbons (Fsp3) is 0.150. The molecule has 0 bridgehead atoms. The van der Waals surface area contributed by atoms with Gasteiger partial charge in [0.2, 0.25) is 5.91 Å². The van der Waals surface area contributed by atoms with Crippen molar-refractivity contribution in [1.82, 2.24) is 5.32 Å². The highest BCUT2D eigenvalue weighted by atomic mass is 32.1. The molecule has 2 N–H and O–H groups in total. The van der Waals surface area contributed by atoms with Crippen LogP contribution in [-0.4, -0.2) is 19.6 Å². The molecule has 4 nitrogen and oxygen atoms in total. The monoisotopic (exact) mass is 352 g/mol. The minimum absolute atomic E-state index is 0.0758. The minimum atomic E-state index is -0.145. The van der Waals surface area contributed by atoms with Crippen LogP contribution >= 0.6 is 11.3 Å². The molecular weight excluding hydrogens is 332 g/mol. The van der Waals surface area contributed by atoms with Crippen LogP contribution in [0.5, 0.6) is 5.75 Å². The number of nitrogens with one attached hydrogen (secondary N) is 2. The SMILES string of the molecule is COc1ccccc1NCC(=O)N[C@H](c1ccccc1)c1cccs1. The van der Waals surface area contributed by atoms with Crippen LogP contribution in [0.4, 0.5) is 5.69 Å². The Morgan fingerprint density at radius 2 is 1.80 bits per heavy atom. The number of hydrogen-bond acceptors (Lipinski definition) is 4. The van der Waals surface area contributed by atoms with Gasteiger partial charge in [0, 0.05) is 4.88 Å². The number of ether oxygens (including phenoxy) is 1. The normalized spacial score (nSPS) is 11.6. The van der Waals surface area contributed by atoms with Gasteiger partial charge in [-0.25, -0.2) is 0 Å². The highest BCUT2D eigenvalue weighted by Gasteiger charge is 2.17. The van der Waals surface area contributed by atoms with Crippen LogP contribution < -0.4 is 15.4 Å². The van der Waals surface area contributed by atoms with Crippen molar-refractivity contribution in [2.45, 2.75) is 6.04 Å². The fourth-order valence-corrected chi connectivity index (χ4v) is 3.40. The smallest absolute Gasteiger partial charge is 0.240 e. The molecule has 1 amide bonds. The molecule has 0 aliphatic rings. The van der Waals surface area contributed by atoms with Crippen molar-refractivity contribution in [2.24, 2.45) is 0 Å². The molecule has 1 atom stereocenters. The molecule has 0 aliphatic carbocycles. The average molecular weight is 352 g/mol. The van der Waals surface area contributed by atoms with Gasteiger partial charge in [-0.05, 0) is 29.1 Å². The van der Waals surface area contributed by atoms with E-state index < -0.39 is 0 Å². The standard InChI is InChI=1S/C20H20N2O2S/c1-24-17-11-6-5-10-16(17)21-14-19(23)22-20(18-12-7-13-25-18)15-8-3-2-4-9-15/h2-13,20-21H,14H2,1H3,(H,22,23)/t20-/m1/s1. The van der Waals surface area contributed by atoms with Crippen LogP contribution in [0.2, 0.25) is 0 Å². The minimum Gasteiger partial charge on any atom is -0.495 e. The van der Waals surface area contributed by atoms with Crippen molar-refractivity contribution in [3.05, 3.63) is 82.6 Å². The van der Waals surface area contributed by atoms with Gasteiger partial charge >= 0.3 is 0 Å². The van der Waals surface area contributed by atoms with Gasteiger partial charge in [-0.3, -0.25) is 4.79 Å². The molecule has 0 unspecified atom stereocenters. The Labute approximate surface area is 151 Å². The molecule has 2 aromatic carbocycles. The first kappa shape index (κ1) is 17.0. The van der Waals surface area contributed by atoms with Crippen LogP contribution in [0.25, 0.3) is 0 Å². The van der Waals surface area contributed by atoms with E-state index in [1.165, 1.54) is 0 Å². The number of carbonyl (C=O) groups excluding carboxylic acids is 1. The van der Waals surface area contributed by atoms with Crippen LogP contribution in [-0.2, 0) is 4.79 Å². The van der Waals surface area contributed by atoms with Crippen LogP contribution in [0.1, 0.15) is 16.5 Å². The number of amides is 1. The van der Waals surface area contributed by atoms with Gasteiger partial charge in [-0.1, -0.05) is 48.5 Å². The summed E-state index contributed by atoms with van der Waals surface area (Å²) < 4.78 is 5.29. The summed E-state index contributed by atoms with van der Waals surface area (Å²) >= 11 is 1.63. The Balaban J connectivity index is 1.69. The molecular formula is C20H20N2O2S. The number of anilines is 1. The molecule has 0 saturated carbocycles. The average Bonchev–Trinajstić information content (AvgIpc) is 3.20. The lowest BCUT2D eigenvalue weighted by Gasteiger charge is -2.19. The highest BCUT2D eigenvalue weighted by molar-refractivity contribution is 7.10. The lowest BCUT2D eigenvalue weighted by molar-refractivity contribution is -0.119. The number of para-hydroxylation sites is 2. The molecule has 3 aromatic rings. The molecule has 5 heteroatoms. The zero-order valence-corrected chi connectivity index (χ0v) is 14.8. The summed E-state index contributed by atoms with van der Waals surface area (Å²) in [4.78, 5) is 13.6. The maximum atomic E-state index is 12.5. The summed E-state index contributed by atoms with van der Waals surface area (Å²) in [5.41, 5.74) is 1.86. The molecule has 128 valence electrons. The van der Waals surface area contributed by atoms with Crippen LogP contribution in [0, 0.1) is 0 Å². The summed E-state index contributed by atoms with van der Waals surface area (Å²) in [7, 11) is 1.61. The number of benzene rings is 2. The second-order valence-electron chi connectivity index (χ2n) is 5.48. The molecule has 0 spiro atoms. The summed E-state index contributed by atoms with van der Waals surface area (Å²) in [6.07, 6.45) is 0.